The van der Waals surface area contributed by atoms with Gasteiger partial charge in [-0.05, 0) is 0 Å². The van der Waals surface area contributed by atoms with Crippen LogP contribution < -0.4 is 4.72 Å². The van der Waals surface area contributed by atoms with Gasteiger partial charge in [0.1, 0.15) is 0 Å². The third-order valence-corrected chi connectivity index (χ3v) is 4.80. The van der Waals surface area contributed by atoms with Crippen LogP contribution in [0.3, 0.4) is 0 Å². The molecule has 0 aliphatic heterocycles. The number of rotatable bonds is 4. The second-order valence-electron chi connectivity index (χ2n) is 3.42. The van der Waals surface area contributed by atoms with Crippen molar-refractivity contribution in [1.29, 1.82) is 0 Å². The number of hydrogen-bond donors (Lipinski definition) is 2. The fourth-order valence-corrected chi connectivity index (χ4v) is 3.89. The van der Waals surface area contributed by atoms with Crippen LogP contribution in [0.4, 0.5) is 0 Å². The Labute approximate surface area is 115 Å². The molecule has 0 atom stereocenters. The number of sulfonamides is 1. The number of halogens is 1. The third kappa shape index (κ3) is 2.20. The molecule has 0 unspecified atom stereocenters. The van der Waals surface area contributed by atoms with E-state index in [1.165, 1.54) is 15.7 Å². The topological polar surface area (TPSA) is 118 Å². The van der Waals surface area contributed by atoms with Crippen molar-refractivity contribution in [1.82, 2.24) is 34.7 Å². The van der Waals surface area contributed by atoms with E-state index in [-0.39, 0.29) is 22.5 Å². The molecule has 0 bridgehead atoms. The number of hydrogen-bond acceptors (Lipinski definition) is 7. The minimum absolute atomic E-state index is 0.0764. The number of nitrogens with one attached hydrogen (secondary N) is 2. The number of aromatic amines is 1. The monoisotopic (exact) mass is 319 g/mol. The predicted octanol–water partition coefficient (Wildman–Crippen LogP) is 0.0408. The second kappa shape index (κ2) is 4.52. The minimum Gasteiger partial charge on any atom is -0.279 e. The van der Waals surface area contributed by atoms with Crippen LogP contribution in [0.25, 0.3) is 4.96 Å². The standard InChI is InChI=1S/C7H6ClN7O2S2/c8-5-6(15-1-2-18-7(15)10-5)19(16,17)9-3-4-11-13-14-12-4/h1-2,9H,3H2,(H,11,12,13,14). The van der Waals surface area contributed by atoms with Gasteiger partial charge in [-0.2, -0.15) is 5.21 Å². The average Bonchev–Trinajstić information content (AvgIpc) is 3.01. The normalized spacial score (nSPS) is 12.3. The van der Waals surface area contributed by atoms with Gasteiger partial charge in [0.2, 0.25) is 0 Å². The number of H-pyrrole nitrogens is 1. The van der Waals surface area contributed by atoms with Crippen molar-refractivity contribution >= 4 is 37.9 Å². The largest absolute Gasteiger partial charge is 0.279 e. The zero-order valence-electron chi connectivity index (χ0n) is 9.11. The van der Waals surface area contributed by atoms with Crippen LogP contribution in [0.15, 0.2) is 16.6 Å². The number of fused-ring (bicyclic) bond motifs is 1. The van der Waals surface area contributed by atoms with Crippen LogP contribution in [-0.4, -0.2) is 38.4 Å². The Kier molecular flexibility index (Phi) is 2.97. The van der Waals surface area contributed by atoms with Crippen molar-refractivity contribution in [2.45, 2.75) is 11.6 Å². The molecule has 0 saturated carbocycles. The summed E-state index contributed by atoms with van der Waals surface area (Å²) in [7, 11) is -3.82. The van der Waals surface area contributed by atoms with Crippen molar-refractivity contribution < 1.29 is 8.42 Å². The van der Waals surface area contributed by atoms with E-state index in [1.54, 1.807) is 11.6 Å². The van der Waals surface area contributed by atoms with E-state index in [9.17, 15) is 8.42 Å². The van der Waals surface area contributed by atoms with E-state index in [2.05, 4.69) is 30.3 Å². The van der Waals surface area contributed by atoms with Gasteiger partial charge in [0, 0.05) is 11.6 Å². The summed E-state index contributed by atoms with van der Waals surface area (Å²) in [5.41, 5.74) is 0. The molecule has 0 amide bonds. The van der Waals surface area contributed by atoms with Gasteiger partial charge in [0.25, 0.3) is 10.0 Å². The zero-order chi connectivity index (χ0) is 13.5. The lowest BCUT2D eigenvalue weighted by molar-refractivity contribution is 0.574. The van der Waals surface area contributed by atoms with Crippen molar-refractivity contribution in [3.63, 3.8) is 0 Å². The highest BCUT2D eigenvalue weighted by molar-refractivity contribution is 7.89. The van der Waals surface area contributed by atoms with Gasteiger partial charge in [-0.25, -0.2) is 18.1 Å². The highest BCUT2D eigenvalue weighted by Gasteiger charge is 2.25. The Morgan fingerprint density at radius 3 is 3.11 bits per heavy atom. The summed E-state index contributed by atoms with van der Waals surface area (Å²) in [6, 6.07) is 0. The van der Waals surface area contributed by atoms with E-state index in [1.807, 2.05) is 0 Å². The molecule has 0 aliphatic rings. The Bertz CT molecular complexity index is 806. The molecule has 0 aromatic carbocycles. The molecule has 3 aromatic rings. The third-order valence-electron chi connectivity index (χ3n) is 2.24. The van der Waals surface area contributed by atoms with Gasteiger partial charge in [-0.15, -0.1) is 21.5 Å². The highest BCUT2D eigenvalue weighted by atomic mass is 35.5. The first-order chi connectivity index (χ1) is 9.08. The fraction of sp³-hybridized carbons (Fsp3) is 0.143. The number of aromatic nitrogens is 6. The maximum atomic E-state index is 12.2. The van der Waals surface area contributed by atoms with Gasteiger partial charge >= 0.3 is 0 Å². The molecule has 3 rings (SSSR count). The number of nitrogens with zero attached hydrogens (tertiary/aromatic N) is 5. The molecule has 2 N–H and O–H groups in total. The molecule has 9 nitrogen and oxygen atoms in total. The number of thiazole rings is 1. The van der Waals surface area contributed by atoms with Gasteiger partial charge in [0.15, 0.2) is 21.0 Å². The van der Waals surface area contributed by atoms with Crippen LogP contribution in [0.1, 0.15) is 5.82 Å². The summed E-state index contributed by atoms with van der Waals surface area (Å²) in [4.78, 5) is 4.47. The Hall–Kier alpha value is -1.56. The summed E-state index contributed by atoms with van der Waals surface area (Å²) in [6.07, 6.45) is 1.59. The molecule has 3 heterocycles. The quantitative estimate of drug-likeness (QED) is 0.701. The van der Waals surface area contributed by atoms with Crippen molar-refractivity contribution in [3.05, 3.63) is 22.6 Å². The van der Waals surface area contributed by atoms with Crippen molar-refractivity contribution in [3.8, 4) is 0 Å². The van der Waals surface area contributed by atoms with E-state index in [0.29, 0.717) is 4.96 Å². The van der Waals surface area contributed by atoms with Gasteiger partial charge in [0.05, 0.1) is 6.54 Å². The van der Waals surface area contributed by atoms with Crippen LogP contribution >= 0.6 is 22.9 Å². The molecule has 0 saturated heterocycles. The second-order valence-corrected chi connectivity index (χ2v) is 6.33. The molecule has 0 aliphatic carbocycles. The van der Waals surface area contributed by atoms with Crippen LogP contribution in [0.2, 0.25) is 5.15 Å². The first-order valence-electron chi connectivity index (χ1n) is 4.91. The van der Waals surface area contributed by atoms with E-state index in [0.717, 1.165) is 0 Å². The number of tetrazole rings is 1. The molecule has 12 heteroatoms. The summed E-state index contributed by atoms with van der Waals surface area (Å²) in [6.45, 7) is -0.0907. The lowest BCUT2D eigenvalue weighted by atomic mass is 10.7. The summed E-state index contributed by atoms with van der Waals surface area (Å²) in [5, 5.41) is 14.4. The smallest absolute Gasteiger partial charge is 0.260 e. The molecular formula is C7H6ClN7O2S2. The van der Waals surface area contributed by atoms with E-state index >= 15 is 0 Å². The number of imidazole rings is 1. The van der Waals surface area contributed by atoms with Crippen LogP contribution in [0.5, 0.6) is 0 Å². The fourth-order valence-electron chi connectivity index (χ4n) is 1.46. The Balaban J connectivity index is 1.95. The summed E-state index contributed by atoms with van der Waals surface area (Å²) >= 11 is 7.15. The summed E-state index contributed by atoms with van der Waals surface area (Å²) < 4.78 is 28.1. The van der Waals surface area contributed by atoms with E-state index in [4.69, 9.17) is 11.6 Å². The molecule has 0 radical (unpaired) electrons. The molecule has 3 aromatic heterocycles. The highest BCUT2D eigenvalue weighted by Crippen LogP contribution is 2.25. The average molecular weight is 320 g/mol. The summed E-state index contributed by atoms with van der Waals surface area (Å²) in [5.74, 6) is 0.228. The minimum atomic E-state index is -3.82. The molecule has 19 heavy (non-hydrogen) atoms. The van der Waals surface area contributed by atoms with Crippen LogP contribution in [0, 0.1) is 0 Å². The van der Waals surface area contributed by atoms with Gasteiger partial charge < -0.3 is 0 Å². The molecular weight excluding hydrogens is 314 g/mol. The molecule has 100 valence electrons. The Morgan fingerprint density at radius 2 is 2.37 bits per heavy atom. The SMILES string of the molecule is O=S(=O)(NCc1nn[nH]n1)c1c(Cl)nc2sccn12. The lowest BCUT2D eigenvalue weighted by Crippen LogP contribution is -2.25. The maximum absolute atomic E-state index is 12.2. The van der Waals surface area contributed by atoms with Gasteiger partial charge in [-0.3, -0.25) is 4.40 Å². The lowest BCUT2D eigenvalue weighted by Gasteiger charge is -2.03. The first kappa shape index (κ1) is 12.5. The predicted molar refractivity (Wildman–Crippen MR) is 66.3 cm³/mol. The van der Waals surface area contributed by atoms with Gasteiger partial charge in [-0.1, -0.05) is 16.8 Å². The van der Waals surface area contributed by atoms with Crippen LogP contribution in [-0.2, 0) is 16.6 Å². The zero-order valence-corrected chi connectivity index (χ0v) is 11.5. The van der Waals surface area contributed by atoms with E-state index < -0.39 is 10.0 Å². The molecule has 0 spiro atoms. The van der Waals surface area contributed by atoms with Crippen molar-refractivity contribution in [2.75, 3.05) is 0 Å². The van der Waals surface area contributed by atoms with Crippen molar-refractivity contribution in [2.24, 2.45) is 0 Å². The Morgan fingerprint density at radius 1 is 1.53 bits per heavy atom. The maximum Gasteiger partial charge on any atom is 0.260 e. The molecule has 0 fully saturated rings. The first-order valence-corrected chi connectivity index (χ1v) is 7.65.